The van der Waals surface area contributed by atoms with Crippen LogP contribution in [0, 0.1) is 0 Å². The van der Waals surface area contributed by atoms with Crippen LogP contribution in [0.2, 0.25) is 0 Å². The summed E-state index contributed by atoms with van der Waals surface area (Å²) in [6.07, 6.45) is 3.22. The number of hydrogen-bond acceptors (Lipinski definition) is 2. The SMILES string of the molecule is CCCCN(C(=O)C1CNc2ccccc21)C(C)CC. The van der Waals surface area contributed by atoms with Crippen molar-refractivity contribution in [3.63, 3.8) is 0 Å². The molecule has 1 aliphatic rings. The van der Waals surface area contributed by atoms with Crippen LogP contribution in [0.3, 0.4) is 0 Å². The number of nitrogens with one attached hydrogen (secondary N) is 1. The van der Waals surface area contributed by atoms with Gasteiger partial charge in [0.15, 0.2) is 0 Å². The first kappa shape index (κ1) is 14.9. The highest BCUT2D eigenvalue weighted by atomic mass is 16.2. The highest BCUT2D eigenvalue weighted by Gasteiger charge is 2.32. The van der Waals surface area contributed by atoms with Crippen LogP contribution >= 0.6 is 0 Å². The Morgan fingerprint density at radius 3 is 2.85 bits per heavy atom. The van der Waals surface area contributed by atoms with E-state index in [2.05, 4.69) is 43.1 Å². The molecule has 20 heavy (non-hydrogen) atoms. The molecule has 1 N–H and O–H groups in total. The Bertz CT molecular complexity index is 458. The lowest BCUT2D eigenvalue weighted by atomic mass is 9.98. The topological polar surface area (TPSA) is 32.3 Å². The second-order valence-corrected chi connectivity index (χ2v) is 5.66. The highest BCUT2D eigenvalue weighted by molar-refractivity contribution is 5.88. The number of benzene rings is 1. The number of anilines is 1. The quantitative estimate of drug-likeness (QED) is 0.859. The Morgan fingerprint density at radius 1 is 1.40 bits per heavy atom. The van der Waals surface area contributed by atoms with Gasteiger partial charge in [-0.2, -0.15) is 0 Å². The van der Waals surface area contributed by atoms with Gasteiger partial charge in [-0.1, -0.05) is 38.5 Å². The molecular formula is C17H26N2O. The van der Waals surface area contributed by atoms with Crippen LogP contribution in [0.1, 0.15) is 51.5 Å². The minimum atomic E-state index is -0.0166. The van der Waals surface area contributed by atoms with Crippen molar-refractivity contribution >= 4 is 11.6 Å². The van der Waals surface area contributed by atoms with Crippen LogP contribution in [0.5, 0.6) is 0 Å². The fourth-order valence-electron chi connectivity index (χ4n) is 2.80. The van der Waals surface area contributed by atoms with Crippen LogP contribution in [0.25, 0.3) is 0 Å². The number of amides is 1. The molecule has 0 bridgehead atoms. The summed E-state index contributed by atoms with van der Waals surface area (Å²) in [6, 6.07) is 8.49. The maximum Gasteiger partial charge on any atom is 0.232 e. The largest absolute Gasteiger partial charge is 0.384 e. The summed E-state index contributed by atoms with van der Waals surface area (Å²) in [6.45, 7) is 8.09. The van der Waals surface area contributed by atoms with E-state index in [9.17, 15) is 4.79 Å². The predicted molar refractivity (Wildman–Crippen MR) is 84.0 cm³/mol. The van der Waals surface area contributed by atoms with E-state index in [1.165, 1.54) is 0 Å². The molecule has 0 spiro atoms. The molecule has 1 aromatic carbocycles. The number of carbonyl (C=O) groups excluding carboxylic acids is 1. The molecule has 2 rings (SSSR count). The fourth-order valence-corrected chi connectivity index (χ4v) is 2.80. The fraction of sp³-hybridized carbons (Fsp3) is 0.588. The number of carbonyl (C=O) groups is 1. The molecular weight excluding hydrogens is 248 g/mol. The van der Waals surface area contributed by atoms with E-state index in [-0.39, 0.29) is 11.8 Å². The van der Waals surface area contributed by atoms with Crippen molar-refractivity contribution in [1.29, 1.82) is 0 Å². The molecule has 1 heterocycles. The molecule has 2 unspecified atom stereocenters. The predicted octanol–water partition coefficient (Wildman–Crippen LogP) is 3.62. The summed E-state index contributed by atoms with van der Waals surface area (Å²) in [5, 5.41) is 3.35. The van der Waals surface area contributed by atoms with Crippen molar-refractivity contribution in [3.8, 4) is 0 Å². The first-order valence-electron chi connectivity index (χ1n) is 7.82. The first-order chi connectivity index (χ1) is 9.69. The van der Waals surface area contributed by atoms with E-state index < -0.39 is 0 Å². The molecule has 0 radical (unpaired) electrons. The number of hydrogen-bond donors (Lipinski definition) is 1. The van der Waals surface area contributed by atoms with Crippen LogP contribution in [-0.2, 0) is 4.79 Å². The Labute approximate surface area is 122 Å². The molecule has 0 fully saturated rings. The van der Waals surface area contributed by atoms with Crippen LogP contribution < -0.4 is 5.32 Å². The summed E-state index contributed by atoms with van der Waals surface area (Å²) in [4.78, 5) is 15.0. The molecule has 1 aliphatic heterocycles. The minimum absolute atomic E-state index is 0.0166. The van der Waals surface area contributed by atoms with Crippen LogP contribution in [0.4, 0.5) is 5.69 Å². The molecule has 1 aromatic rings. The molecule has 3 heteroatoms. The van der Waals surface area contributed by atoms with Gasteiger partial charge in [0.05, 0.1) is 5.92 Å². The Balaban J connectivity index is 2.16. The number of fused-ring (bicyclic) bond motifs is 1. The zero-order valence-electron chi connectivity index (χ0n) is 12.9. The summed E-state index contributed by atoms with van der Waals surface area (Å²) in [7, 11) is 0. The van der Waals surface area contributed by atoms with Gasteiger partial charge in [-0.05, 0) is 31.4 Å². The number of rotatable bonds is 6. The molecule has 0 saturated heterocycles. The van der Waals surface area contributed by atoms with E-state index in [1.54, 1.807) is 0 Å². The lowest BCUT2D eigenvalue weighted by Crippen LogP contribution is -2.42. The van der Waals surface area contributed by atoms with Gasteiger partial charge in [-0.15, -0.1) is 0 Å². The number of unbranched alkanes of at least 4 members (excludes halogenated alkanes) is 1. The van der Waals surface area contributed by atoms with E-state index in [4.69, 9.17) is 0 Å². The highest BCUT2D eigenvalue weighted by Crippen LogP contribution is 2.32. The van der Waals surface area contributed by atoms with Crippen molar-refractivity contribution in [2.75, 3.05) is 18.4 Å². The third-order valence-corrected chi connectivity index (χ3v) is 4.29. The maximum absolute atomic E-state index is 12.9. The van der Waals surface area contributed by atoms with Crippen molar-refractivity contribution in [3.05, 3.63) is 29.8 Å². The Kier molecular flexibility index (Phi) is 5.05. The average Bonchev–Trinajstić information content (AvgIpc) is 2.91. The zero-order chi connectivity index (χ0) is 14.5. The number of para-hydroxylation sites is 1. The lowest BCUT2D eigenvalue weighted by Gasteiger charge is -2.31. The van der Waals surface area contributed by atoms with Crippen molar-refractivity contribution in [2.24, 2.45) is 0 Å². The summed E-state index contributed by atoms with van der Waals surface area (Å²) in [5.74, 6) is 0.266. The lowest BCUT2D eigenvalue weighted by molar-refractivity contribution is -0.134. The van der Waals surface area contributed by atoms with E-state index >= 15 is 0 Å². The minimum Gasteiger partial charge on any atom is -0.384 e. The van der Waals surface area contributed by atoms with E-state index in [0.717, 1.165) is 43.6 Å². The first-order valence-corrected chi connectivity index (χ1v) is 7.82. The average molecular weight is 274 g/mol. The van der Waals surface area contributed by atoms with Gasteiger partial charge in [0.1, 0.15) is 0 Å². The molecule has 0 aliphatic carbocycles. The second kappa shape index (κ2) is 6.78. The molecule has 2 atom stereocenters. The van der Waals surface area contributed by atoms with Gasteiger partial charge in [0.2, 0.25) is 5.91 Å². The molecule has 0 aromatic heterocycles. The summed E-state index contributed by atoms with van der Waals surface area (Å²) < 4.78 is 0. The smallest absolute Gasteiger partial charge is 0.232 e. The van der Waals surface area contributed by atoms with Gasteiger partial charge >= 0.3 is 0 Å². The van der Waals surface area contributed by atoms with Gasteiger partial charge < -0.3 is 10.2 Å². The van der Waals surface area contributed by atoms with Crippen molar-refractivity contribution in [2.45, 2.75) is 52.0 Å². The van der Waals surface area contributed by atoms with Crippen molar-refractivity contribution in [1.82, 2.24) is 4.90 Å². The Hall–Kier alpha value is -1.51. The second-order valence-electron chi connectivity index (χ2n) is 5.66. The molecule has 3 nitrogen and oxygen atoms in total. The molecule has 110 valence electrons. The monoisotopic (exact) mass is 274 g/mol. The van der Waals surface area contributed by atoms with Crippen LogP contribution in [-0.4, -0.2) is 29.9 Å². The maximum atomic E-state index is 12.9. The van der Waals surface area contributed by atoms with Crippen LogP contribution in [0.15, 0.2) is 24.3 Å². The van der Waals surface area contributed by atoms with E-state index in [0.29, 0.717) is 6.04 Å². The standard InChI is InChI=1S/C17H26N2O/c1-4-6-11-19(13(3)5-2)17(20)15-12-18-16-10-8-7-9-14(15)16/h7-10,13,15,18H,4-6,11-12H2,1-3H3. The summed E-state index contributed by atoms with van der Waals surface area (Å²) >= 11 is 0. The molecule has 0 saturated carbocycles. The van der Waals surface area contributed by atoms with Gasteiger partial charge in [0, 0.05) is 24.8 Å². The van der Waals surface area contributed by atoms with Crippen molar-refractivity contribution < 1.29 is 4.79 Å². The third kappa shape index (κ3) is 2.97. The Morgan fingerprint density at radius 2 is 2.15 bits per heavy atom. The van der Waals surface area contributed by atoms with Gasteiger partial charge in [0.25, 0.3) is 0 Å². The number of nitrogens with zero attached hydrogens (tertiary/aromatic N) is 1. The molecule has 1 amide bonds. The van der Waals surface area contributed by atoms with Gasteiger partial charge in [-0.3, -0.25) is 4.79 Å². The van der Waals surface area contributed by atoms with Gasteiger partial charge in [-0.25, -0.2) is 0 Å². The zero-order valence-corrected chi connectivity index (χ0v) is 12.9. The summed E-state index contributed by atoms with van der Waals surface area (Å²) in [5.41, 5.74) is 2.27. The van der Waals surface area contributed by atoms with E-state index in [1.807, 2.05) is 12.1 Å². The third-order valence-electron chi connectivity index (χ3n) is 4.29. The normalized spacial score (nSPS) is 18.2.